The lowest BCUT2D eigenvalue weighted by Crippen LogP contribution is -2.45. The van der Waals surface area contributed by atoms with Gasteiger partial charge in [-0.15, -0.1) is 0 Å². The Labute approximate surface area is 186 Å². The summed E-state index contributed by atoms with van der Waals surface area (Å²) < 4.78 is 48.0. The van der Waals surface area contributed by atoms with E-state index in [1.807, 2.05) is 6.92 Å². The number of amides is 1. The molecule has 1 heterocycles. The second-order valence-electron chi connectivity index (χ2n) is 7.30. The molecule has 2 unspecified atom stereocenters. The fraction of sp³-hybridized carbons (Fsp3) is 0.174. The van der Waals surface area contributed by atoms with Crippen LogP contribution < -0.4 is 10.2 Å². The molecule has 3 aromatic rings. The molecule has 0 bridgehead atoms. The van der Waals surface area contributed by atoms with Gasteiger partial charge in [0.2, 0.25) is 0 Å². The lowest BCUT2D eigenvalue weighted by molar-refractivity contribution is -0.133. The number of nitrogens with zero attached hydrogens (tertiary/aromatic N) is 1. The average molecular weight is 458 g/mol. The van der Waals surface area contributed by atoms with Crippen LogP contribution in [0.25, 0.3) is 0 Å². The number of ether oxygens (including phenoxy) is 1. The first-order valence-electron chi connectivity index (χ1n) is 9.83. The predicted molar refractivity (Wildman–Crippen MR) is 114 cm³/mol. The van der Waals surface area contributed by atoms with Crippen molar-refractivity contribution in [3.05, 3.63) is 89.0 Å². The number of hydrogen-bond donors (Lipinski definition) is 2. The van der Waals surface area contributed by atoms with E-state index in [0.717, 1.165) is 5.56 Å². The predicted octanol–water partition coefficient (Wildman–Crippen LogP) is 4.19. The molecule has 1 amide bonds. The van der Waals surface area contributed by atoms with Crippen molar-refractivity contribution in [3.63, 3.8) is 0 Å². The highest BCUT2D eigenvalue weighted by molar-refractivity contribution is 7.82. The molecule has 0 saturated heterocycles. The van der Waals surface area contributed by atoms with Crippen molar-refractivity contribution in [1.82, 2.24) is 9.79 Å². The highest BCUT2D eigenvalue weighted by Crippen LogP contribution is 2.36. The van der Waals surface area contributed by atoms with Crippen molar-refractivity contribution in [2.75, 3.05) is 6.54 Å². The maximum absolute atomic E-state index is 14.7. The molecule has 2 N–H and O–H groups in total. The van der Waals surface area contributed by atoms with Crippen molar-refractivity contribution < 1.29 is 27.7 Å². The van der Waals surface area contributed by atoms with Gasteiger partial charge in [0.15, 0.2) is 0 Å². The number of rotatable bonds is 5. The Morgan fingerprint density at radius 2 is 1.69 bits per heavy atom. The second kappa shape index (κ2) is 9.15. The Balaban J connectivity index is 1.61. The Kier molecular flexibility index (Phi) is 6.31. The highest BCUT2D eigenvalue weighted by atomic mass is 32.2. The maximum atomic E-state index is 14.7. The molecule has 4 rings (SSSR count). The summed E-state index contributed by atoms with van der Waals surface area (Å²) >= 11 is 0. The number of aryl methyl sites for hydroxylation is 1. The molecular weight excluding hydrogens is 438 g/mol. The summed E-state index contributed by atoms with van der Waals surface area (Å²) in [5, 5.41) is 9.25. The van der Waals surface area contributed by atoms with E-state index < -0.39 is 28.8 Å². The Morgan fingerprint density at radius 1 is 1.06 bits per heavy atom. The van der Waals surface area contributed by atoms with Crippen molar-refractivity contribution >= 4 is 16.9 Å². The number of carbonyl (C=O) groups is 1. The third-order valence-corrected chi connectivity index (χ3v) is 6.82. The zero-order valence-electron chi connectivity index (χ0n) is 17.0. The molecule has 166 valence electrons. The summed E-state index contributed by atoms with van der Waals surface area (Å²) in [7, 11) is -1.81. The molecule has 2 atom stereocenters. The van der Waals surface area contributed by atoms with Gasteiger partial charge >= 0.3 is 0 Å². The first-order valence-corrected chi connectivity index (χ1v) is 10.9. The van der Waals surface area contributed by atoms with Crippen LogP contribution in [0.5, 0.6) is 11.5 Å². The minimum absolute atomic E-state index is 0.118. The van der Waals surface area contributed by atoms with E-state index >= 15 is 0 Å². The normalized spacial score (nSPS) is 16.8. The van der Waals surface area contributed by atoms with Gasteiger partial charge in [-0.2, -0.15) is 0 Å². The maximum Gasteiger partial charge on any atom is 0.266 e. The molecule has 1 aliphatic heterocycles. The van der Waals surface area contributed by atoms with Crippen LogP contribution in [0.3, 0.4) is 0 Å². The van der Waals surface area contributed by atoms with Crippen LogP contribution >= 0.6 is 0 Å². The summed E-state index contributed by atoms with van der Waals surface area (Å²) in [6, 6.07) is 13.5. The Hall–Kier alpha value is -3.14. The smallest absolute Gasteiger partial charge is 0.266 e. The molecule has 1 aliphatic rings. The van der Waals surface area contributed by atoms with Crippen molar-refractivity contribution in [2.45, 2.75) is 24.3 Å². The van der Waals surface area contributed by atoms with E-state index in [4.69, 9.17) is 4.74 Å². The molecule has 0 aliphatic carbocycles. The standard InChI is InChI=1S/C23H20F2N2O4S/c1-14-2-11-20(25)21-19(14)12-13-27(22(21)23(28)26-29)32(30)18-9-7-17(8-10-18)31-16-5-3-15(24)4-6-16/h2-11,22,29H,12-13H2,1H3,(H,26,28). The monoisotopic (exact) mass is 458 g/mol. The molecule has 0 radical (unpaired) electrons. The van der Waals surface area contributed by atoms with Crippen LogP contribution in [0, 0.1) is 18.6 Å². The zero-order chi connectivity index (χ0) is 22.8. The molecule has 6 nitrogen and oxygen atoms in total. The van der Waals surface area contributed by atoms with E-state index in [9.17, 15) is 23.0 Å². The molecule has 3 aromatic carbocycles. The largest absolute Gasteiger partial charge is 0.457 e. The van der Waals surface area contributed by atoms with Gasteiger partial charge in [-0.1, -0.05) is 6.07 Å². The van der Waals surface area contributed by atoms with Crippen LogP contribution in [0.2, 0.25) is 0 Å². The van der Waals surface area contributed by atoms with E-state index in [1.54, 1.807) is 35.8 Å². The van der Waals surface area contributed by atoms with Crippen molar-refractivity contribution in [1.29, 1.82) is 0 Å². The first-order chi connectivity index (χ1) is 15.4. The van der Waals surface area contributed by atoms with Crippen molar-refractivity contribution in [3.8, 4) is 11.5 Å². The van der Waals surface area contributed by atoms with Gasteiger partial charge < -0.3 is 4.74 Å². The van der Waals surface area contributed by atoms with Crippen LogP contribution in [0.1, 0.15) is 22.7 Å². The van der Waals surface area contributed by atoms with Crippen LogP contribution in [-0.2, 0) is 22.2 Å². The van der Waals surface area contributed by atoms with E-state index in [0.29, 0.717) is 28.4 Å². The summed E-state index contributed by atoms with van der Waals surface area (Å²) in [6.07, 6.45) is 0.408. The molecule has 0 fully saturated rings. The summed E-state index contributed by atoms with van der Waals surface area (Å²) in [4.78, 5) is 12.8. The number of carbonyl (C=O) groups excluding carboxylic acids is 1. The zero-order valence-corrected chi connectivity index (χ0v) is 17.9. The number of hydroxylamine groups is 1. The third kappa shape index (κ3) is 4.27. The molecule has 0 spiro atoms. The summed E-state index contributed by atoms with van der Waals surface area (Å²) in [5.74, 6) is -0.936. The number of hydrogen-bond acceptors (Lipinski definition) is 4. The number of nitrogens with one attached hydrogen (secondary N) is 1. The second-order valence-corrected chi connectivity index (χ2v) is 8.74. The number of halogens is 2. The summed E-state index contributed by atoms with van der Waals surface area (Å²) in [6.45, 7) is 2.05. The Morgan fingerprint density at radius 3 is 2.31 bits per heavy atom. The van der Waals surface area contributed by atoms with Crippen LogP contribution in [0.15, 0.2) is 65.6 Å². The number of fused-ring (bicyclic) bond motifs is 1. The minimum Gasteiger partial charge on any atom is -0.457 e. The molecular formula is C23H20F2N2O4S. The van der Waals surface area contributed by atoms with Gasteiger partial charge in [0.1, 0.15) is 40.2 Å². The van der Waals surface area contributed by atoms with E-state index in [2.05, 4.69) is 0 Å². The van der Waals surface area contributed by atoms with Gasteiger partial charge in [0.05, 0.1) is 4.90 Å². The lowest BCUT2D eigenvalue weighted by atomic mass is 9.90. The topological polar surface area (TPSA) is 78.9 Å². The third-order valence-electron chi connectivity index (χ3n) is 5.33. The fourth-order valence-electron chi connectivity index (χ4n) is 3.77. The molecule has 0 saturated carbocycles. The average Bonchev–Trinajstić information content (AvgIpc) is 2.81. The van der Waals surface area contributed by atoms with Crippen molar-refractivity contribution in [2.24, 2.45) is 0 Å². The van der Waals surface area contributed by atoms with Gasteiger partial charge in [0.25, 0.3) is 5.91 Å². The quantitative estimate of drug-likeness (QED) is 0.444. The summed E-state index contributed by atoms with van der Waals surface area (Å²) in [5.41, 5.74) is 3.19. The molecule has 32 heavy (non-hydrogen) atoms. The molecule has 9 heteroatoms. The van der Waals surface area contributed by atoms with Crippen LogP contribution in [0.4, 0.5) is 8.78 Å². The van der Waals surface area contributed by atoms with E-state index in [-0.39, 0.29) is 17.9 Å². The van der Waals surface area contributed by atoms with Gasteiger partial charge in [0, 0.05) is 12.1 Å². The lowest BCUT2D eigenvalue weighted by Gasteiger charge is -2.35. The first kappa shape index (κ1) is 22.1. The minimum atomic E-state index is -1.81. The van der Waals surface area contributed by atoms with E-state index in [1.165, 1.54) is 34.6 Å². The van der Waals surface area contributed by atoms with Gasteiger partial charge in [-0.25, -0.2) is 22.8 Å². The highest BCUT2D eigenvalue weighted by Gasteiger charge is 2.39. The molecule has 0 aromatic heterocycles. The van der Waals surface area contributed by atoms with Gasteiger partial charge in [-0.05, 0) is 79.1 Å². The number of benzene rings is 3. The van der Waals surface area contributed by atoms with Gasteiger partial charge in [-0.3, -0.25) is 10.0 Å². The fourth-order valence-corrected chi connectivity index (χ4v) is 5.06. The Bertz CT molecular complexity index is 1170. The van der Waals surface area contributed by atoms with Crippen LogP contribution in [-0.4, -0.2) is 26.2 Å². The SMILES string of the molecule is Cc1ccc(F)c2c1CCN(S(=O)c1ccc(Oc3ccc(F)cc3)cc1)C2C(=O)NO.